The minimum Gasteiger partial charge on any atom is -0.379 e. The molecular weight excluding hydrogens is 436 g/mol. The van der Waals surface area contributed by atoms with Crippen molar-refractivity contribution in [2.24, 2.45) is 0 Å². The molecule has 3 heterocycles. The van der Waals surface area contributed by atoms with Gasteiger partial charge in [-0.25, -0.2) is 10.5 Å². The van der Waals surface area contributed by atoms with Crippen LogP contribution in [0.4, 0.5) is 5.95 Å². The van der Waals surface area contributed by atoms with Gasteiger partial charge in [-0.3, -0.25) is 19.3 Å². The number of carbonyl (C=O) groups excluding carboxylic acids is 1. The molecule has 0 unspecified atom stereocenters. The summed E-state index contributed by atoms with van der Waals surface area (Å²) in [5.41, 5.74) is 6.01. The third-order valence-electron chi connectivity index (χ3n) is 6.36. The predicted octanol–water partition coefficient (Wildman–Crippen LogP) is 1.51. The minimum absolute atomic E-state index is 0.0617. The number of benzene rings is 1. The molecule has 0 atom stereocenters. The summed E-state index contributed by atoms with van der Waals surface area (Å²) in [6, 6.07) is 6.19. The molecule has 0 saturated carbocycles. The van der Waals surface area contributed by atoms with Gasteiger partial charge in [0.15, 0.2) is 0 Å². The van der Waals surface area contributed by atoms with Crippen LogP contribution in [0, 0.1) is 0 Å². The topological polar surface area (TPSA) is 121 Å². The average molecular weight is 465 g/mol. The van der Waals surface area contributed by atoms with E-state index in [-0.39, 0.29) is 10.9 Å². The smallest absolute Gasteiger partial charge is 0.280 e. The first-order valence-corrected chi connectivity index (χ1v) is 11.6. The Balaban J connectivity index is 1.54. The third-order valence-corrected chi connectivity index (χ3v) is 6.36. The fourth-order valence-corrected chi connectivity index (χ4v) is 4.60. The molecule has 1 amide bonds. The van der Waals surface area contributed by atoms with Gasteiger partial charge in [-0.15, -0.1) is 0 Å². The number of pyridine rings is 1. The molecule has 34 heavy (non-hydrogen) atoms. The number of aromatic amines is 1. The highest BCUT2D eigenvalue weighted by Crippen LogP contribution is 2.30. The summed E-state index contributed by atoms with van der Waals surface area (Å²) in [5.74, 6) is -0.195. The molecule has 1 aliphatic heterocycles. The predicted molar refractivity (Wildman–Crippen MR) is 128 cm³/mol. The lowest BCUT2D eigenvalue weighted by Gasteiger charge is -2.26. The van der Waals surface area contributed by atoms with Gasteiger partial charge in [0.1, 0.15) is 11.2 Å². The number of carbonyl (C=O) groups is 1. The van der Waals surface area contributed by atoms with Crippen molar-refractivity contribution in [1.29, 1.82) is 0 Å². The van der Waals surface area contributed by atoms with Crippen LogP contribution in [0.5, 0.6) is 0 Å². The monoisotopic (exact) mass is 464 g/mol. The van der Waals surface area contributed by atoms with Gasteiger partial charge in [0.2, 0.25) is 11.4 Å². The number of hydrogen-bond donors (Lipinski definition) is 3. The van der Waals surface area contributed by atoms with Crippen LogP contribution in [0.2, 0.25) is 0 Å². The Hall–Kier alpha value is -3.34. The Morgan fingerprint density at radius 2 is 2.03 bits per heavy atom. The van der Waals surface area contributed by atoms with Crippen LogP contribution in [0.25, 0.3) is 22.3 Å². The lowest BCUT2D eigenvalue weighted by Crippen LogP contribution is -2.39. The van der Waals surface area contributed by atoms with Gasteiger partial charge in [0.25, 0.3) is 5.91 Å². The van der Waals surface area contributed by atoms with Crippen molar-refractivity contribution in [3.8, 4) is 11.3 Å². The van der Waals surface area contributed by atoms with Gasteiger partial charge in [-0.05, 0) is 36.5 Å². The minimum atomic E-state index is -0.627. The summed E-state index contributed by atoms with van der Waals surface area (Å²) < 4.78 is 5.40. The van der Waals surface area contributed by atoms with Crippen molar-refractivity contribution in [3.05, 3.63) is 51.3 Å². The van der Waals surface area contributed by atoms with E-state index in [0.29, 0.717) is 23.8 Å². The Labute approximate surface area is 196 Å². The summed E-state index contributed by atoms with van der Waals surface area (Å²) in [7, 11) is 1.32. The van der Waals surface area contributed by atoms with Gasteiger partial charge in [-0.2, -0.15) is 4.98 Å². The SMILES string of the molecule is CONC(=O)c1c[nH]c2nc(NCCN3CCOCC3)nc(-c3ccc4c(c3)CCC4)c2c1=O. The molecule has 3 aromatic rings. The van der Waals surface area contributed by atoms with Crippen LogP contribution in [-0.4, -0.2) is 72.3 Å². The molecule has 178 valence electrons. The number of nitrogens with one attached hydrogen (secondary N) is 3. The molecule has 1 aromatic carbocycles. The maximum atomic E-state index is 13.3. The van der Waals surface area contributed by atoms with Crippen molar-refractivity contribution in [3.63, 3.8) is 0 Å². The fourth-order valence-electron chi connectivity index (χ4n) is 4.60. The van der Waals surface area contributed by atoms with Crippen molar-refractivity contribution >= 4 is 22.9 Å². The third kappa shape index (κ3) is 4.52. The number of aromatic nitrogens is 3. The average Bonchev–Trinajstić information content (AvgIpc) is 3.32. The van der Waals surface area contributed by atoms with Gasteiger partial charge >= 0.3 is 0 Å². The lowest BCUT2D eigenvalue weighted by molar-refractivity contribution is 0.0398. The number of nitrogens with zero attached hydrogens (tertiary/aromatic N) is 3. The number of H-pyrrole nitrogens is 1. The quantitative estimate of drug-likeness (QED) is 0.450. The fraction of sp³-hybridized carbons (Fsp3) is 0.417. The highest BCUT2D eigenvalue weighted by Gasteiger charge is 2.21. The zero-order valence-electron chi connectivity index (χ0n) is 19.1. The molecule has 10 nitrogen and oxygen atoms in total. The summed E-state index contributed by atoms with van der Waals surface area (Å²) in [5, 5.41) is 3.58. The molecule has 3 N–H and O–H groups in total. The number of ether oxygens (including phenoxy) is 1. The van der Waals surface area contributed by atoms with Crippen LogP contribution >= 0.6 is 0 Å². The highest BCUT2D eigenvalue weighted by atomic mass is 16.6. The van der Waals surface area contributed by atoms with E-state index in [1.807, 2.05) is 6.07 Å². The number of amides is 1. The van der Waals surface area contributed by atoms with Gasteiger partial charge in [-0.1, -0.05) is 12.1 Å². The van der Waals surface area contributed by atoms with E-state index >= 15 is 0 Å². The van der Waals surface area contributed by atoms with E-state index in [2.05, 4.69) is 37.8 Å². The van der Waals surface area contributed by atoms with Crippen LogP contribution in [0.15, 0.2) is 29.2 Å². The van der Waals surface area contributed by atoms with Crippen molar-refractivity contribution in [2.75, 3.05) is 51.8 Å². The number of hydrogen-bond acceptors (Lipinski definition) is 8. The van der Waals surface area contributed by atoms with E-state index in [4.69, 9.17) is 14.6 Å². The molecule has 2 aliphatic rings. The summed E-state index contributed by atoms with van der Waals surface area (Å²) in [6.45, 7) is 4.80. The molecule has 0 bridgehead atoms. The second kappa shape index (κ2) is 9.88. The van der Waals surface area contributed by atoms with Gasteiger partial charge in [0.05, 0.1) is 31.4 Å². The largest absolute Gasteiger partial charge is 0.379 e. The number of aryl methyl sites for hydroxylation is 2. The second-order valence-electron chi connectivity index (χ2n) is 8.50. The van der Waals surface area contributed by atoms with Gasteiger partial charge < -0.3 is 15.0 Å². The summed E-state index contributed by atoms with van der Waals surface area (Å²) in [6.07, 6.45) is 4.56. The van der Waals surface area contributed by atoms with Crippen LogP contribution in [0.3, 0.4) is 0 Å². The first-order chi connectivity index (χ1) is 16.6. The molecule has 1 aliphatic carbocycles. The normalized spacial score (nSPS) is 15.9. The molecule has 1 saturated heterocycles. The maximum absolute atomic E-state index is 13.3. The van der Waals surface area contributed by atoms with Crippen molar-refractivity contribution in [2.45, 2.75) is 19.3 Å². The first-order valence-electron chi connectivity index (χ1n) is 11.6. The molecule has 2 aromatic heterocycles. The zero-order valence-corrected chi connectivity index (χ0v) is 19.1. The Morgan fingerprint density at radius 3 is 2.85 bits per heavy atom. The van der Waals surface area contributed by atoms with E-state index < -0.39 is 11.3 Å². The Morgan fingerprint density at radius 1 is 1.21 bits per heavy atom. The summed E-state index contributed by atoms with van der Waals surface area (Å²) >= 11 is 0. The van der Waals surface area contributed by atoms with Crippen LogP contribution in [0.1, 0.15) is 27.9 Å². The molecule has 1 fully saturated rings. The molecule has 10 heteroatoms. The molecular formula is C24H28N6O4. The number of anilines is 1. The number of morpholine rings is 1. The van der Waals surface area contributed by atoms with Crippen molar-refractivity contribution < 1.29 is 14.4 Å². The first kappa shape index (κ1) is 22.5. The van der Waals surface area contributed by atoms with E-state index in [1.165, 1.54) is 24.4 Å². The van der Waals surface area contributed by atoms with Crippen LogP contribution in [-0.2, 0) is 22.4 Å². The summed E-state index contributed by atoms with van der Waals surface area (Å²) in [4.78, 5) is 45.0. The van der Waals surface area contributed by atoms with Gasteiger partial charge in [0, 0.05) is 37.9 Å². The number of fused-ring (bicyclic) bond motifs is 2. The van der Waals surface area contributed by atoms with Crippen LogP contribution < -0.4 is 16.2 Å². The second-order valence-corrected chi connectivity index (χ2v) is 8.50. The maximum Gasteiger partial charge on any atom is 0.280 e. The molecule has 0 spiro atoms. The molecule has 5 rings (SSSR count). The standard InChI is InChI=1S/C24H28N6O4/c1-33-29-23(32)18-14-26-22-19(21(18)31)20(17-6-5-15-3-2-4-16(15)13-17)27-24(28-22)25-7-8-30-9-11-34-12-10-30/h5-6,13-14H,2-4,7-12H2,1H3,(H,29,32)(H2,25,26,27,28,31). The Kier molecular flexibility index (Phi) is 6.52. The Bertz CT molecular complexity index is 1270. The lowest BCUT2D eigenvalue weighted by atomic mass is 10.0. The van der Waals surface area contributed by atoms with E-state index in [9.17, 15) is 9.59 Å². The highest BCUT2D eigenvalue weighted by molar-refractivity contribution is 5.99. The van der Waals surface area contributed by atoms with Crippen molar-refractivity contribution in [1.82, 2.24) is 25.3 Å². The molecule has 0 radical (unpaired) electrons. The number of rotatable bonds is 7. The van der Waals surface area contributed by atoms with E-state index in [0.717, 1.165) is 57.7 Å². The number of hydroxylamine groups is 1. The van der Waals surface area contributed by atoms with E-state index in [1.54, 1.807) is 0 Å². The zero-order chi connectivity index (χ0) is 23.5.